The number of ketones is 1. The van der Waals surface area contributed by atoms with Gasteiger partial charge in [-0.2, -0.15) is 0 Å². The highest BCUT2D eigenvalue weighted by molar-refractivity contribution is 5.80. The van der Waals surface area contributed by atoms with Crippen molar-refractivity contribution in [3.05, 3.63) is 0 Å². The fraction of sp³-hybridized carbons (Fsp3) is 0.833. The summed E-state index contributed by atoms with van der Waals surface area (Å²) in [6, 6.07) is 0. The van der Waals surface area contributed by atoms with E-state index >= 15 is 0 Å². The van der Waals surface area contributed by atoms with Gasteiger partial charge in [-0.3, -0.25) is 4.79 Å². The van der Waals surface area contributed by atoms with E-state index in [2.05, 4.69) is 0 Å². The van der Waals surface area contributed by atoms with Crippen molar-refractivity contribution >= 4 is 11.8 Å². The molecule has 0 aromatic heterocycles. The molecule has 0 bridgehead atoms. The first-order chi connectivity index (χ1) is 7.60. The maximum atomic E-state index is 11.3. The highest BCUT2D eigenvalue weighted by Crippen LogP contribution is 2.49. The number of Topliss-reactive ketones (excluding diaryl/α,β-unsaturated/α-hetero) is 1. The molecule has 2 rings (SSSR count). The molecule has 4 nitrogen and oxygen atoms in total. The summed E-state index contributed by atoms with van der Waals surface area (Å²) in [5.74, 6) is -0.276. The molecule has 0 amide bonds. The number of ether oxygens (including phenoxy) is 2. The summed E-state index contributed by atoms with van der Waals surface area (Å²) in [7, 11) is 0. The van der Waals surface area contributed by atoms with Crippen LogP contribution in [0.25, 0.3) is 0 Å². The Labute approximate surface area is 95.3 Å². The molecule has 0 N–H and O–H groups in total. The van der Waals surface area contributed by atoms with Crippen LogP contribution >= 0.6 is 0 Å². The zero-order valence-corrected chi connectivity index (χ0v) is 9.66. The van der Waals surface area contributed by atoms with Gasteiger partial charge in [0.05, 0.1) is 18.1 Å². The van der Waals surface area contributed by atoms with Crippen molar-refractivity contribution in [3.63, 3.8) is 0 Å². The second-order valence-electron chi connectivity index (χ2n) is 4.85. The van der Waals surface area contributed by atoms with Crippen molar-refractivity contribution in [2.75, 3.05) is 6.61 Å². The van der Waals surface area contributed by atoms with Crippen LogP contribution in [0.5, 0.6) is 0 Å². The standard InChI is InChI=1S/C12H18O4/c1-9(13)2-3-11(14)15-8-10-4-5-12(16-10)6-7-12/h10H,2-8H2,1H3/t10-/m0/s1. The molecule has 0 radical (unpaired) electrons. The van der Waals surface area contributed by atoms with Crippen LogP contribution in [0.2, 0.25) is 0 Å². The summed E-state index contributed by atoms with van der Waals surface area (Å²) < 4.78 is 10.9. The highest BCUT2D eigenvalue weighted by Gasteiger charge is 2.49. The lowest BCUT2D eigenvalue weighted by molar-refractivity contribution is -0.148. The van der Waals surface area contributed by atoms with Gasteiger partial charge in [-0.05, 0) is 32.6 Å². The van der Waals surface area contributed by atoms with Gasteiger partial charge in [0.15, 0.2) is 0 Å². The van der Waals surface area contributed by atoms with Gasteiger partial charge < -0.3 is 14.3 Å². The van der Waals surface area contributed by atoms with Crippen molar-refractivity contribution in [3.8, 4) is 0 Å². The SMILES string of the molecule is CC(=O)CCC(=O)OC[C@@H]1CCC2(CC2)O1. The van der Waals surface area contributed by atoms with E-state index in [4.69, 9.17) is 9.47 Å². The second kappa shape index (κ2) is 4.53. The van der Waals surface area contributed by atoms with Gasteiger partial charge >= 0.3 is 5.97 Å². The molecule has 0 aromatic carbocycles. The van der Waals surface area contributed by atoms with Gasteiger partial charge in [0, 0.05) is 6.42 Å². The van der Waals surface area contributed by atoms with E-state index in [0.29, 0.717) is 6.61 Å². The third-order valence-electron chi connectivity index (χ3n) is 3.26. The normalized spacial score (nSPS) is 25.7. The molecule has 0 aromatic rings. The largest absolute Gasteiger partial charge is 0.463 e. The summed E-state index contributed by atoms with van der Waals surface area (Å²) in [6.07, 6.45) is 4.93. The Kier molecular flexibility index (Phi) is 3.28. The van der Waals surface area contributed by atoms with E-state index in [1.54, 1.807) is 0 Å². The topological polar surface area (TPSA) is 52.6 Å². The molecule has 90 valence electrons. The van der Waals surface area contributed by atoms with Gasteiger partial charge in [0.2, 0.25) is 0 Å². The molecule has 1 atom stereocenters. The van der Waals surface area contributed by atoms with Crippen LogP contribution in [0.1, 0.15) is 45.4 Å². The van der Waals surface area contributed by atoms with Gasteiger partial charge in [0.1, 0.15) is 12.4 Å². The molecule has 16 heavy (non-hydrogen) atoms. The quantitative estimate of drug-likeness (QED) is 0.668. The van der Waals surface area contributed by atoms with E-state index in [1.165, 1.54) is 6.92 Å². The van der Waals surface area contributed by atoms with Gasteiger partial charge in [-0.1, -0.05) is 0 Å². The molecule has 1 aliphatic heterocycles. The number of esters is 1. The minimum atomic E-state index is -0.296. The lowest BCUT2D eigenvalue weighted by Gasteiger charge is -2.12. The van der Waals surface area contributed by atoms with Crippen LogP contribution in [0, 0.1) is 0 Å². The minimum Gasteiger partial charge on any atom is -0.463 e. The molecule has 2 fully saturated rings. The van der Waals surface area contributed by atoms with Crippen molar-refractivity contribution in [1.29, 1.82) is 0 Å². The Morgan fingerprint density at radius 2 is 2.06 bits per heavy atom. The molecule has 1 heterocycles. The van der Waals surface area contributed by atoms with E-state index in [9.17, 15) is 9.59 Å². The zero-order valence-electron chi connectivity index (χ0n) is 9.66. The van der Waals surface area contributed by atoms with Crippen LogP contribution in [0.4, 0.5) is 0 Å². The number of carbonyl (C=O) groups excluding carboxylic acids is 2. The molecular weight excluding hydrogens is 208 g/mol. The molecule has 1 spiro atoms. The number of rotatable bonds is 5. The maximum Gasteiger partial charge on any atom is 0.306 e. The summed E-state index contributed by atoms with van der Waals surface area (Å²) in [5, 5.41) is 0. The van der Waals surface area contributed by atoms with Gasteiger partial charge in [0.25, 0.3) is 0 Å². The van der Waals surface area contributed by atoms with Crippen LogP contribution in [0.15, 0.2) is 0 Å². The summed E-state index contributed by atoms with van der Waals surface area (Å²) in [5.41, 5.74) is 0.149. The Morgan fingerprint density at radius 3 is 2.62 bits per heavy atom. The van der Waals surface area contributed by atoms with E-state index < -0.39 is 0 Å². The Morgan fingerprint density at radius 1 is 1.31 bits per heavy atom. The number of carbonyl (C=O) groups is 2. The third-order valence-corrected chi connectivity index (χ3v) is 3.26. The number of hydrogen-bond donors (Lipinski definition) is 0. The second-order valence-corrected chi connectivity index (χ2v) is 4.85. The third kappa shape index (κ3) is 3.04. The Bertz CT molecular complexity index is 293. The summed E-state index contributed by atoms with van der Waals surface area (Å²) in [6.45, 7) is 1.82. The predicted molar refractivity (Wildman–Crippen MR) is 56.9 cm³/mol. The molecule has 1 saturated heterocycles. The molecule has 2 aliphatic rings. The molecule has 1 aliphatic carbocycles. The molecule has 0 unspecified atom stereocenters. The lowest BCUT2D eigenvalue weighted by atomic mass is 10.2. The predicted octanol–water partition coefficient (Wildman–Crippen LogP) is 1.61. The van der Waals surface area contributed by atoms with E-state index in [0.717, 1.165) is 25.7 Å². The summed E-state index contributed by atoms with van der Waals surface area (Å²) >= 11 is 0. The smallest absolute Gasteiger partial charge is 0.306 e. The van der Waals surface area contributed by atoms with Crippen LogP contribution < -0.4 is 0 Å². The maximum absolute atomic E-state index is 11.3. The lowest BCUT2D eigenvalue weighted by Crippen LogP contribution is -2.20. The summed E-state index contributed by atoms with van der Waals surface area (Å²) in [4.78, 5) is 21.9. The van der Waals surface area contributed by atoms with Gasteiger partial charge in [-0.15, -0.1) is 0 Å². The van der Waals surface area contributed by atoms with Crippen molar-refractivity contribution in [2.45, 2.75) is 57.2 Å². The van der Waals surface area contributed by atoms with E-state index in [-0.39, 0.29) is 36.3 Å². The molecular formula is C12H18O4. The Hall–Kier alpha value is -0.900. The van der Waals surface area contributed by atoms with Crippen LogP contribution in [-0.4, -0.2) is 30.1 Å². The first-order valence-corrected chi connectivity index (χ1v) is 5.93. The fourth-order valence-corrected chi connectivity index (χ4v) is 2.06. The van der Waals surface area contributed by atoms with Crippen molar-refractivity contribution in [2.24, 2.45) is 0 Å². The number of hydrogen-bond acceptors (Lipinski definition) is 4. The van der Waals surface area contributed by atoms with E-state index in [1.807, 2.05) is 0 Å². The average Bonchev–Trinajstić information content (AvgIpc) is 2.85. The average molecular weight is 226 g/mol. The molecule has 4 heteroatoms. The van der Waals surface area contributed by atoms with Crippen molar-refractivity contribution in [1.82, 2.24) is 0 Å². The first-order valence-electron chi connectivity index (χ1n) is 5.93. The Balaban J connectivity index is 1.60. The van der Waals surface area contributed by atoms with Crippen molar-refractivity contribution < 1.29 is 19.1 Å². The van der Waals surface area contributed by atoms with Crippen LogP contribution in [-0.2, 0) is 19.1 Å². The van der Waals surface area contributed by atoms with Gasteiger partial charge in [-0.25, -0.2) is 0 Å². The highest BCUT2D eigenvalue weighted by atomic mass is 16.6. The fourth-order valence-electron chi connectivity index (χ4n) is 2.06. The zero-order chi connectivity index (χ0) is 11.6. The van der Waals surface area contributed by atoms with Crippen LogP contribution in [0.3, 0.4) is 0 Å². The minimum absolute atomic E-state index is 0.0194. The first kappa shape index (κ1) is 11.6. The molecule has 1 saturated carbocycles. The monoisotopic (exact) mass is 226 g/mol.